The van der Waals surface area contributed by atoms with Gasteiger partial charge in [0, 0.05) is 10.1 Å². The minimum Gasteiger partial charge on any atom is -0.326 e. The number of hydrogen-bond acceptors (Lipinski definition) is 1. The van der Waals surface area contributed by atoms with Crippen LogP contribution in [0.1, 0.15) is 11.1 Å². The van der Waals surface area contributed by atoms with E-state index in [0.717, 1.165) is 0 Å². The maximum absolute atomic E-state index is 5.79. The van der Waals surface area contributed by atoms with E-state index in [4.69, 9.17) is 5.73 Å². The van der Waals surface area contributed by atoms with Crippen LogP contribution in [0.5, 0.6) is 0 Å². The largest absolute Gasteiger partial charge is 0.326 e. The Morgan fingerprint density at radius 1 is 1.06 bits per heavy atom. The second kappa shape index (κ2) is 4.97. The summed E-state index contributed by atoms with van der Waals surface area (Å²) >= 11 is 2.37. The highest BCUT2D eigenvalue weighted by Crippen LogP contribution is 2.28. The normalized spacial score (nSPS) is 10.4. The van der Waals surface area contributed by atoms with E-state index < -0.39 is 0 Å². The number of nitrogens with two attached hydrogens (primary N) is 1. The minimum atomic E-state index is 0.584. The molecule has 16 heavy (non-hydrogen) atoms. The molecule has 0 aromatic heterocycles. The van der Waals surface area contributed by atoms with Crippen LogP contribution in [0, 0.1) is 10.5 Å². The Morgan fingerprint density at radius 2 is 1.81 bits per heavy atom. The summed E-state index contributed by atoms with van der Waals surface area (Å²) in [7, 11) is 0. The third-order valence-corrected chi connectivity index (χ3v) is 3.59. The Hall–Kier alpha value is -0.870. The molecular formula is C14H14IN. The van der Waals surface area contributed by atoms with Crippen LogP contribution in [0.25, 0.3) is 11.1 Å². The number of aryl methyl sites for hydroxylation is 1. The zero-order valence-electron chi connectivity index (χ0n) is 9.20. The fourth-order valence-corrected chi connectivity index (χ4v) is 2.48. The van der Waals surface area contributed by atoms with Gasteiger partial charge in [-0.2, -0.15) is 0 Å². The van der Waals surface area contributed by atoms with Gasteiger partial charge < -0.3 is 5.73 Å². The predicted molar refractivity (Wildman–Crippen MR) is 77.2 cm³/mol. The van der Waals surface area contributed by atoms with Crippen molar-refractivity contribution in [2.75, 3.05) is 0 Å². The van der Waals surface area contributed by atoms with Crippen LogP contribution < -0.4 is 5.73 Å². The van der Waals surface area contributed by atoms with Gasteiger partial charge in [-0.25, -0.2) is 0 Å². The number of benzene rings is 2. The second-order valence-electron chi connectivity index (χ2n) is 3.84. The van der Waals surface area contributed by atoms with Crippen molar-refractivity contribution >= 4 is 22.6 Å². The zero-order valence-corrected chi connectivity index (χ0v) is 11.4. The van der Waals surface area contributed by atoms with Gasteiger partial charge in [-0.05, 0) is 52.3 Å². The van der Waals surface area contributed by atoms with E-state index in [1.54, 1.807) is 0 Å². The van der Waals surface area contributed by atoms with E-state index >= 15 is 0 Å². The van der Waals surface area contributed by atoms with Gasteiger partial charge in [-0.1, -0.05) is 42.0 Å². The summed E-state index contributed by atoms with van der Waals surface area (Å²) in [6, 6.07) is 14.8. The van der Waals surface area contributed by atoms with Crippen LogP contribution in [-0.4, -0.2) is 0 Å². The van der Waals surface area contributed by atoms with Gasteiger partial charge in [-0.3, -0.25) is 0 Å². The molecule has 82 valence electrons. The number of rotatable bonds is 2. The lowest BCUT2D eigenvalue weighted by molar-refractivity contribution is 1.07. The standard InChI is InChI=1S/C14H14IN/c1-10-6-7-11(9-16)13(8-10)12-4-2-3-5-14(12)15/h2-8H,9,16H2,1H3. The minimum absolute atomic E-state index is 0.584. The smallest absolute Gasteiger partial charge is 0.0208 e. The van der Waals surface area contributed by atoms with E-state index in [1.165, 1.54) is 25.8 Å². The molecule has 2 heteroatoms. The molecule has 2 aromatic rings. The number of hydrogen-bond donors (Lipinski definition) is 1. The van der Waals surface area contributed by atoms with Crippen molar-refractivity contribution in [1.82, 2.24) is 0 Å². The van der Waals surface area contributed by atoms with Gasteiger partial charge >= 0.3 is 0 Å². The van der Waals surface area contributed by atoms with Gasteiger partial charge in [-0.15, -0.1) is 0 Å². The first kappa shape index (κ1) is 11.6. The van der Waals surface area contributed by atoms with Crippen LogP contribution in [0.3, 0.4) is 0 Å². The summed E-state index contributed by atoms with van der Waals surface area (Å²) in [5.41, 5.74) is 10.8. The first-order chi connectivity index (χ1) is 7.72. The molecule has 0 saturated heterocycles. The highest BCUT2D eigenvalue weighted by atomic mass is 127. The van der Waals surface area contributed by atoms with Crippen LogP contribution in [0.15, 0.2) is 42.5 Å². The molecule has 2 rings (SSSR count). The number of halogens is 1. The molecule has 0 heterocycles. The molecule has 2 aromatic carbocycles. The monoisotopic (exact) mass is 323 g/mol. The molecule has 0 aliphatic carbocycles. The van der Waals surface area contributed by atoms with Crippen LogP contribution in [0.4, 0.5) is 0 Å². The first-order valence-electron chi connectivity index (χ1n) is 5.27. The molecule has 0 aliphatic heterocycles. The third-order valence-electron chi connectivity index (χ3n) is 2.65. The van der Waals surface area contributed by atoms with E-state index in [-0.39, 0.29) is 0 Å². The van der Waals surface area contributed by atoms with Crippen molar-refractivity contribution in [3.63, 3.8) is 0 Å². The summed E-state index contributed by atoms with van der Waals surface area (Å²) in [5.74, 6) is 0. The zero-order chi connectivity index (χ0) is 11.5. The topological polar surface area (TPSA) is 26.0 Å². The quantitative estimate of drug-likeness (QED) is 0.838. The lowest BCUT2D eigenvalue weighted by Crippen LogP contribution is -1.99. The van der Waals surface area contributed by atoms with Crippen LogP contribution >= 0.6 is 22.6 Å². The lowest BCUT2D eigenvalue weighted by atomic mass is 9.98. The summed E-state index contributed by atoms with van der Waals surface area (Å²) in [4.78, 5) is 0. The van der Waals surface area contributed by atoms with Crippen molar-refractivity contribution in [2.24, 2.45) is 5.73 Å². The fourth-order valence-electron chi connectivity index (χ4n) is 1.80. The SMILES string of the molecule is Cc1ccc(CN)c(-c2ccccc2I)c1. The van der Waals surface area contributed by atoms with E-state index in [9.17, 15) is 0 Å². The highest BCUT2D eigenvalue weighted by molar-refractivity contribution is 14.1. The highest BCUT2D eigenvalue weighted by Gasteiger charge is 2.06. The molecular weight excluding hydrogens is 309 g/mol. The van der Waals surface area contributed by atoms with Crippen LogP contribution in [0.2, 0.25) is 0 Å². The summed E-state index contributed by atoms with van der Waals surface area (Å²) in [6.07, 6.45) is 0. The molecule has 0 atom stereocenters. The van der Waals surface area contributed by atoms with Gasteiger partial charge in [0.1, 0.15) is 0 Å². The van der Waals surface area contributed by atoms with Crippen LogP contribution in [-0.2, 0) is 6.54 Å². The molecule has 0 radical (unpaired) electrons. The molecule has 0 fully saturated rings. The maximum Gasteiger partial charge on any atom is 0.0208 e. The van der Waals surface area contributed by atoms with E-state index in [2.05, 4.69) is 72.0 Å². The molecule has 0 aliphatic rings. The van der Waals surface area contributed by atoms with Crippen molar-refractivity contribution in [1.29, 1.82) is 0 Å². The van der Waals surface area contributed by atoms with Gasteiger partial charge in [0.2, 0.25) is 0 Å². The van der Waals surface area contributed by atoms with E-state index in [0.29, 0.717) is 6.54 Å². The lowest BCUT2D eigenvalue weighted by Gasteiger charge is -2.10. The molecule has 0 saturated carbocycles. The molecule has 0 bridgehead atoms. The molecule has 0 spiro atoms. The Labute approximate surface area is 110 Å². The van der Waals surface area contributed by atoms with Gasteiger partial charge in [0.25, 0.3) is 0 Å². The average Bonchev–Trinajstić information content (AvgIpc) is 2.29. The van der Waals surface area contributed by atoms with Crippen molar-refractivity contribution in [3.8, 4) is 11.1 Å². The fraction of sp³-hybridized carbons (Fsp3) is 0.143. The Balaban J connectivity index is 2.63. The maximum atomic E-state index is 5.79. The first-order valence-corrected chi connectivity index (χ1v) is 6.34. The van der Waals surface area contributed by atoms with Crippen molar-refractivity contribution < 1.29 is 0 Å². The van der Waals surface area contributed by atoms with Crippen molar-refractivity contribution in [2.45, 2.75) is 13.5 Å². The Morgan fingerprint density at radius 3 is 2.50 bits per heavy atom. The average molecular weight is 323 g/mol. The predicted octanol–water partition coefficient (Wildman–Crippen LogP) is 3.73. The molecule has 0 amide bonds. The summed E-state index contributed by atoms with van der Waals surface area (Å²) in [5, 5.41) is 0. The molecule has 0 unspecified atom stereocenters. The summed E-state index contributed by atoms with van der Waals surface area (Å²) < 4.78 is 1.26. The van der Waals surface area contributed by atoms with E-state index in [1.807, 2.05) is 0 Å². The third kappa shape index (κ3) is 2.28. The molecule has 2 N–H and O–H groups in total. The Bertz CT molecular complexity index is 506. The van der Waals surface area contributed by atoms with Gasteiger partial charge in [0.05, 0.1) is 0 Å². The summed E-state index contributed by atoms with van der Waals surface area (Å²) in [6.45, 7) is 2.69. The Kier molecular flexibility index (Phi) is 3.61. The van der Waals surface area contributed by atoms with Crippen molar-refractivity contribution in [3.05, 3.63) is 57.2 Å². The molecule has 1 nitrogen and oxygen atoms in total. The van der Waals surface area contributed by atoms with Gasteiger partial charge in [0.15, 0.2) is 0 Å². The second-order valence-corrected chi connectivity index (χ2v) is 5.01.